The molecule has 0 saturated carbocycles. The van der Waals surface area contributed by atoms with Crippen LogP contribution in [0, 0.1) is 11.8 Å². The molecule has 0 radical (unpaired) electrons. The molecule has 1 aromatic rings. The summed E-state index contributed by atoms with van der Waals surface area (Å²) in [4.78, 5) is 0.303. The summed E-state index contributed by atoms with van der Waals surface area (Å²) in [6, 6.07) is 6.61. The number of nitrogens with one attached hydrogen (secondary N) is 1. The maximum absolute atomic E-state index is 12.2. The van der Waals surface area contributed by atoms with Crippen LogP contribution in [0.2, 0.25) is 0 Å². The van der Waals surface area contributed by atoms with E-state index in [1.165, 1.54) is 0 Å². The Bertz CT molecular complexity index is 472. The van der Waals surface area contributed by atoms with Gasteiger partial charge in [0.2, 0.25) is 10.0 Å². The van der Waals surface area contributed by atoms with Crippen molar-refractivity contribution in [1.82, 2.24) is 4.72 Å². The molecule has 0 unspecified atom stereocenters. The topological polar surface area (TPSA) is 46.2 Å². The van der Waals surface area contributed by atoms with Gasteiger partial charge in [0.1, 0.15) is 0 Å². The van der Waals surface area contributed by atoms with Crippen LogP contribution in [0.4, 0.5) is 0 Å². The van der Waals surface area contributed by atoms with Crippen LogP contribution in [0.1, 0.15) is 27.7 Å². The highest BCUT2D eigenvalue weighted by Gasteiger charge is 2.24. The molecule has 3 nitrogen and oxygen atoms in total. The van der Waals surface area contributed by atoms with Gasteiger partial charge in [0.15, 0.2) is 0 Å². The van der Waals surface area contributed by atoms with Gasteiger partial charge in [-0.25, -0.2) is 13.1 Å². The summed E-state index contributed by atoms with van der Waals surface area (Å²) < 4.78 is 28.1. The molecule has 5 heteroatoms. The van der Waals surface area contributed by atoms with Gasteiger partial charge < -0.3 is 0 Å². The minimum atomic E-state index is -3.44. The van der Waals surface area contributed by atoms with Crippen LogP contribution in [-0.2, 0) is 10.0 Å². The quantitative estimate of drug-likeness (QED) is 0.897. The van der Waals surface area contributed by atoms with Gasteiger partial charge in [0.25, 0.3) is 0 Å². The highest BCUT2D eigenvalue weighted by molar-refractivity contribution is 9.10. The van der Waals surface area contributed by atoms with Gasteiger partial charge in [-0.05, 0) is 36.1 Å². The third-order valence-electron chi connectivity index (χ3n) is 2.85. The molecule has 0 aliphatic heterocycles. The minimum Gasteiger partial charge on any atom is -0.208 e. The second kappa shape index (κ2) is 6.17. The fourth-order valence-electron chi connectivity index (χ4n) is 1.90. The fraction of sp³-hybridized carbons (Fsp3) is 0.538. The monoisotopic (exact) mass is 333 g/mol. The molecule has 0 atom stereocenters. The van der Waals surface area contributed by atoms with E-state index in [0.29, 0.717) is 4.90 Å². The average molecular weight is 334 g/mol. The van der Waals surface area contributed by atoms with E-state index in [2.05, 4.69) is 20.7 Å². The summed E-state index contributed by atoms with van der Waals surface area (Å²) in [5.74, 6) is 0.519. The van der Waals surface area contributed by atoms with Crippen molar-refractivity contribution in [1.29, 1.82) is 0 Å². The molecule has 0 amide bonds. The summed E-state index contributed by atoms with van der Waals surface area (Å²) >= 11 is 3.29. The molecule has 0 aromatic heterocycles. The zero-order chi connectivity index (χ0) is 13.9. The fourth-order valence-corrected chi connectivity index (χ4v) is 3.70. The summed E-state index contributed by atoms with van der Waals surface area (Å²) in [6.45, 7) is 8.09. The normalized spacial score (nSPS) is 12.7. The smallest absolute Gasteiger partial charge is 0.208 e. The summed E-state index contributed by atoms with van der Waals surface area (Å²) in [6.07, 6.45) is 0. The molecule has 1 rings (SSSR count). The van der Waals surface area contributed by atoms with Crippen molar-refractivity contribution >= 4 is 26.0 Å². The molecule has 0 fully saturated rings. The molecule has 0 saturated heterocycles. The standard InChI is InChI=1S/C13H20BrNO2S/c1-9(2)13(10(3)4)15-18(16,17)12-7-5-11(14)6-8-12/h5-10,13,15H,1-4H3. The zero-order valence-corrected chi connectivity index (χ0v) is 13.5. The number of hydrogen-bond acceptors (Lipinski definition) is 2. The summed E-state index contributed by atoms with van der Waals surface area (Å²) in [7, 11) is -3.44. The Balaban J connectivity index is 2.97. The predicted octanol–water partition coefficient (Wildman–Crippen LogP) is 3.41. The maximum atomic E-state index is 12.2. The Morgan fingerprint density at radius 3 is 1.83 bits per heavy atom. The first-order chi connectivity index (χ1) is 8.24. The molecular weight excluding hydrogens is 314 g/mol. The first-order valence-electron chi connectivity index (χ1n) is 6.02. The van der Waals surface area contributed by atoms with Crippen LogP contribution in [0.15, 0.2) is 33.6 Å². The highest BCUT2D eigenvalue weighted by atomic mass is 79.9. The van der Waals surface area contributed by atoms with Crippen molar-refractivity contribution in [3.8, 4) is 0 Å². The lowest BCUT2D eigenvalue weighted by molar-refractivity contribution is 0.355. The Kier molecular flexibility index (Phi) is 5.37. The molecule has 0 spiro atoms. The third-order valence-corrected chi connectivity index (χ3v) is 4.86. The molecule has 102 valence electrons. The van der Waals surface area contributed by atoms with Crippen molar-refractivity contribution in [3.63, 3.8) is 0 Å². The molecule has 0 aliphatic carbocycles. The maximum Gasteiger partial charge on any atom is 0.240 e. The number of benzene rings is 1. The van der Waals surface area contributed by atoms with E-state index in [-0.39, 0.29) is 17.9 Å². The van der Waals surface area contributed by atoms with Crippen LogP contribution in [-0.4, -0.2) is 14.5 Å². The zero-order valence-electron chi connectivity index (χ0n) is 11.1. The largest absolute Gasteiger partial charge is 0.240 e. The first-order valence-corrected chi connectivity index (χ1v) is 8.29. The Morgan fingerprint density at radius 2 is 1.44 bits per heavy atom. The summed E-state index contributed by atoms with van der Waals surface area (Å²) in [5, 5.41) is 0. The number of rotatable bonds is 5. The third kappa shape index (κ3) is 4.07. The van der Waals surface area contributed by atoms with Gasteiger partial charge in [0.05, 0.1) is 4.90 Å². The first kappa shape index (κ1) is 15.7. The minimum absolute atomic E-state index is 0.0568. The van der Waals surface area contributed by atoms with Crippen molar-refractivity contribution < 1.29 is 8.42 Å². The number of sulfonamides is 1. The Hall–Kier alpha value is -0.390. The van der Waals surface area contributed by atoms with E-state index in [4.69, 9.17) is 0 Å². The lowest BCUT2D eigenvalue weighted by Crippen LogP contribution is -2.42. The van der Waals surface area contributed by atoms with E-state index in [1.807, 2.05) is 27.7 Å². The van der Waals surface area contributed by atoms with Crippen molar-refractivity contribution in [2.75, 3.05) is 0 Å². The highest BCUT2D eigenvalue weighted by Crippen LogP contribution is 2.18. The van der Waals surface area contributed by atoms with Gasteiger partial charge in [-0.3, -0.25) is 0 Å². The van der Waals surface area contributed by atoms with Crippen LogP contribution < -0.4 is 4.72 Å². The van der Waals surface area contributed by atoms with Gasteiger partial charge in [-0.15, -0.1) is 0 Å². The van der Waals surface area contributed by atoms with E-state index < -0.39 is 10.0 Å². The van der Waals surface area contributed by atoms with Crippen LogP contribution >= 0.6 is 15.9 Å². The van der Waals surface area contributed by atoms with E-state index in [1.54, 1.807) is 24.3 Å². The van der Waals surface area contributed by atoms with Gasteiger partial charge in [-0.2, -0.15) is 0 Å². The van der Waals surface area contributed by atoms with Crippen LogP contribution in [0.25, 0.3) is 0 Å². The molecule has 1 aromatic carbocycles. The predicted molar refractivity (Wildman–Crippen MR) is 77.9 cm³/mol. The second-order valence-electron chi connectivity index (χ2n) is 5.09. The molecule has 0 heterocycles. The molecule has 1 N–H and O–H groups in total. The Morgan fingerprint density at radius 1 is 1.00 bits per heavy atom. The number of halogens is 1. The lowest BCUT2D eigenvalue weighted by atomic mass is 9.94. The molecular formula is C13H20BrNO2S. The summed E-state index contributed by atoms with van der Waals surface area (Å²) in [5.41, 5.74) is 0. The molecule has 18 heavy (non-hydrogen) atoms. The van der Waals surface area contributed by atoms with E-state index in [9.17, 15) is 8.42 Å². The van der Waals surface area contributed by atoms with Crippen LogP contribution in [0.5, 0.6) is 0 Å². The number of hydrogen-bond donors (Lipinski definition) is 1. The van der Waals surface area contributed by atoms with Gasteiger partial charge in [-0.1, -0.05) is 43.6 Å². The van der Waals surface area contributed by atoms with E-state index >= 15 is 0 Å². The van der Waals surface area contributed by atoms with Crippen molar-refractivity contribution in [2.24, 2.45) is 11.8 Å². The van der Waals surface area contributed by atoms with Crippen molar-refractivity contribution in [2.45, 2.75) is 38.6 Å². The van der Waals surface area contributed by atoms with Gasteiger partial charge >= 0.3 is 0 Å². The SMILES string of the molecule is CC(C)C(NS(=O)(=O)c1ccc(Br)cc1)C(C)C. The molecule has 0 aliphatic rings. The average Bonchev–Trinajstić information content (AvgIpc) is 2.26. The van der Waals surface area contributed by atoms with Crippen molar-refractivity contribution in [3.05, 3.63) is 28.7 Å². The van der Waals surface area contributed by atoms with E-state index in [0.717, 1.165) is 4.47 Å². The Labute approximate surface area is 118 Å². The second-order valence-corrected chi connectivity index (χ2v) is 7.72. The molecule has 0 bridgehead atoms. The lowest BCUT2D eigenvalue weighted by Gasteiger charge is -2.25. The van der Waals surface area contributed by atoms with Crippen LogP contribution in [0.3, 0.4) is 0 Å². The van der Waals surface area contributed by atoms with Gasteiger partial charge in [0, 0.05) is 10.5 Å².